The molecule has 0 atom stereocenters. The van der Waals surface area contributed by atoms with Crippen LogP contribution in [-0.4, -0.2) is 49.9 Å². The van der Waals surface area contributed by atoms with Gasteiger partial charge in [-0.05, 0) is 62.1 Å². The maximum absolute atomic E-state index is 13.4. The summed E-state index contributed by atoms with van der Waals surface area (Å²) in [5.74, 6) is -0.0938. The van der Waals surface area contributed by atoms with Gasteiger partial charge >= 0.3 is 6.09 Å². The highest BCUT2D eigenvalue weighted by Crippen LogP contribution is 2.33. The molecule has 3 aromatic heterocycles. The Morgan fingerprint density at radius 2 is 1.83 bits per heavy atom. The zero-order valence-electron chi connectivity index (χ0n) is 20.2. The molecule has 0 spiro atoms. The van der Waals surface area contributed by atoms with Crippen LogP contribution in [0.5, 0.6) is 0 Å². The number of nitrogens with zero attached hydrogens (tertiary/aromatic N) is 5. The maximum Gasteiger partial charge on any atom is 0.410 e. The monoisotopic (exact) mass is 485 g/mol. The number of amides is 2. The van der Waals surface area contributed by atoms with Crippen molar-refractivity contribution in [2.45, 2.75) is 26.2 Å². The van der Waals surface area contributed by atoms with E-state index in [9.17, 15) is 9.59 Å². The molecule has 4 aromatic rings. The number of anilines is 3. The number of carboxylic acid groups (broad SMARTS) is 1. The van der Waals surface area contributed by atoms with E-state index in [0.29, 0.717) is 11.3 Å². The first-order chi connectivity index (χ1) is 17.4. The molecule has 0 bridgehead atoms. The summed E-state index contributed by atoms with van der Waals surface area (Å²) >= 11 is 0. The number of benzene rings is 1. The van der Waals surface area contributed by atoms with E-state index in [4.69, 9.17) is 5.11 Å². The number of rotatable bonds is 5. The van der Waals surface area contributed by atoms with Crippen LogP contribution in [0.3, 0.4) is 0 Å². The van der Waals surface area contributed by atoms with Gasteiger partial charge in [-0.3, -0.25) is 14.8 Å². The van der Waals surface area contributed by atoms with E-state index in [2.05, 4.69) is 30.6 Å². The minimum atomic E-state index is -1.18. The molecule has 1 aliphatic rings. The first kappa shape index (κ1) is 23.3. The number of carbonyl (C=O) groups is 2. The number of hydrogen-bond acceptors (Lipinski definition) is 6. The first-order valence-corrected chi connectivity index (χ1v) is 11.8. The van der Waals surface area contributed by atoms with Crippen LogP contribution < -0.4 is 15.5 Å². The Balaban J connectivity index is 1.45. The molecule has 36 heavy (non-hydrogen) atoms. The summed E-state index contributed by atoms with van der Waals surface area (Å²) in [6.45, 7) is 3.78. The van der Waals surface area contributed by atoms with E-state index in [1.54, 1.807) is 22.9 Å². The lowest BCUT2D eigenvalue weighted by Gasteiger charge is -2.30. The minimum Gasteiger partial charge on any atom is -0.465 e. The molecular formula is C26H27N7O3. The third-order valence-electron chi connectivity index (χ3n) is 6.28. The molecule has 5 rings (SSSR count). The highest BCUT2D eigenvalue weighted by atomic mass is 16.4. The molecule has 1 aromatic carbocycles. The molecular weight excluding hydrogens is 458 g/mol. The van der Waals surface area contributed by atoms with Gasteiger partial charge in [0.1, 0.15) is 11.5 Å². The number of nitrogens with one attached hydrogen (secondary N) is 2. The summed E-state index contributed by atoms with van der Waals surface area (Å²) in [4.78, 5) is 35.2. The van der Waals surface area contributed by atoms with E-state index < -0.39 is 6.09 Å². The Morgan fingerprint density at radius 1 is 1.03 bits per heavy atom. The Hall–Kier alpha value is -4.47. The van der Waals surface area contributed by atoms with Gasteiger partial charge in [-0.25, -0.2) is 14.8 Å². The fourth-order valence-corrected chi connectivity index (χ4v) is 4.53. The summed E-state index contributed by atoms with van der Waals surface area (Å²) in [6, 6.07) is 10.8. The molecule has 10 nitrogen and oxygen atoms in total. The number of fused-ring (bicyclic) bond motifs is 1. The number of pyridine rings is 2. The Morgan fingerprint density at radius 3 is 2.56 bits per heavy atom. The summed E-state index contributed by atoms with van der Waals surface area (Å²) in [5.41, 5.74) is 5.03. The van der Waals surface area contributed by atoms with Crippen LogP contribution in [0.4, 0.5) is 22.0 Å². The number of hydrogen-bond donors (Lipinski definition) is 3. The van der Waals surface area contributed by atoms with E-state index in [1.165, 1.54) is 12.6 Å². The third kappa shape index (κ3) is 4.83. The lowest BCUT2D eigenvalue weighted by molar-refractivity contribution is 0.102. The Bertz CT molecular complexity index is 1440. The lowest BCUT2D eigenvalue weighted by Crippen LogP contribution is -2.30. The highest BCUT2D eigenvalue weighted by molar-refractivity contribution is 6.06. The van der Waals surface area contributed by atoms with Gasteiger partial charge in [-0.1, -0.05) is 6.07 Å². The van der Waals surface area contributed by atoms with Gasteiger partial charge in [0.05, 0.1) is 22.6 Å². The molecule has 1 fully saturated rings. The highest BCUT2D eigenvalue weighted by Gasteiger charge is 2.20. The average molecular weight is 486 g/mol. The van der Waals surface area contributed by atoms with Crippen LogP contribution in [0.15, 0.2) is 48.8 Å². The topological polar surface area (TPSA) is 125 Å². The van der Waals surface area contributed by atoms with E-state index >= 15 is 0 Å². The molecule has 0 saturated carbocycles. The van der Waals surface area contributed by atoms with Gasteiger partial charge in [0.2, 0.25) is 0 Å². The fraction of sp³-hybridized carbons (Fsp3) is 0.269. The van der Waals surface area contributed by atoms with E-state index in [1.807, 2.05) is 38.4 Å². The van der Waals surface area contributed by atoms with Crippen molar-refractivity contribution in [3.8, 4) is 11.3 Å². The molecule has 10 heteroatoms. The Labute approximate surface area is 208 Å². The zero-order chi connectivity index (χ0) is 25.2. The Kier molecular flexibility index (Phi) is 6.24. The van der Waals surface area contributed by atoms with Crippen molar-refractivity contribution < 1.29 is 14.7 Å². The normalized spacial score (nSPS) is 13.6. The van der Waals surface area contributed by atoms with Crippen molar-refractivity contribution in [2.75, 3.05) is 28.6 Å². The second kappa shape index (κ2) is 9.65. The van der Waals surface area contributed by atoms with E-state index in [0.717, 1.165) is 53.8 Å². The fourth-order valence-electron chi connectivity index (χ4n) is 4.53. The predicted octanol–water partition coefficient (Wildman–Crippen LogP) is 4.67. The zero-order valence-corrected chi connectivity index (χ0v) is 20.2. The maximum atomic E-state index is 13.4. The molecule has 184 valence electrons. The van der Waals surface area contributed by atoms with E-state index in [-0.39, 0.29) is 17.4 Å². The van der Waals surface area contributed by atoms with Crippen molar-refractivity contribution in [3.05, 3.63) is 60.0 Å². The third-order valence-corrected chi connectivity index (χ3v) is 6.28. The lowest BCUT2D eigenvalue weighted by atomic mass is 10.1. The summed E-state index contributed by atoms with van der Waals surface area (Å²) in [6.07, 6.45) is 5.73. The summed E-state index contributed by atoms with van der Waals surface area (Å²) < 4.78 is 1.77. The molecule has 0 radical (unpaired) electrons. The van der Waals surface area contributed by atoms with Crippen LogP contribution in [0.2, 0.25) is 0 Å². The number of carbonyl (C=O) groups excluding carboxylic acids is 1. The van der Waals surface area contributed by atoms with Crippen molar-refractivity contribution in [1.29, 1.82) is 0 Å². The van der Waals surface area contributed by atoms with Gasteiger partial charge < -0.3 is 15.3 Å². The van der Waals surface area contributed by atoms with Crippen LogP contribution >= 0.6 is 0 Å². The van der Waals surface area contributed by atoms with Crippen molar-refractivity contribution >= 4 is 40.1 Å². The number of aryl methyl sites for hydroxylation is 2. The second-order valence-electron chi connectivity index (χ2n) is 8.96. The van der Waals surface area contributed by atoms with Gasteiger partial charge in [-0.15, -0.1) is 0 Å². The van der Waals surface area contributed by atoms with Crippen LogP contribution in [0, 0.1) is 6.92 Å². The number of piperidine rings is 1. The second-order valence-corrected chi connectivity index (χ2v) is 8.96. The smallest absolute Gasteiger partial charge is 0.410 e. The predicted molar refractivity (Wildman–Crippen MR) is 139 cm³/mol. The molecule has 3 N–H and O–H groups in total. The largest absolute Gasteiger partial charge is 0.465 e. The van der Waals surface area contributed by atoms with Crippen LogP contribution in [0.1, 0.15) is 35.3 Å². The van der Waals surface area contributed by atoms with Crippen molar-refractivity contribution in [2.24, 2.45) is 7.05 Å². The average Bonchev–Trinajstić information content (AvgIpc) is 3.23. The molecule has 2 amide bonds. The summed E-state index contributed by atoms with van der Waals surface area (Å²) in [7, 11) is 1.88. The molecule has 1 saturated heterocycles. The molecule has 1 aliphatic heterocycles. The molecule has 0 unspecified atom stereocenters. The van der Waals surface area contributed by atoms with Crippen LogP contribution in [0.25, 0.3) is 22.2 Å². The SMILES string of the molecule is Cc1ccc(C(=O)Nc2cc3cn(C)nc3cc2N2CCCCC2)nc1-c1ccc(NC(=O)O)nc1. The molecule has 4 heterocycles. The van der Waals surface area contributed by atoms with Gasteiger partial charge in [0.25, 0.3) is 5.91 Å². The van der Waals surface area contributed by atoms with Gasteiger partial charge in [0, 0.05) is 43.5 Å². The number of aromatic nitrogens is 4. The summed E-state index contributed by atoms with van der Waals surface area (Å²) in [5, 5.41) is 19.7. The van der Waals surface area contributed by atoms with Crippen LogP contribution in [-0.2, 0) is 7.05 Å². The standard InChI is InChI=1S/C26H27N7O3/c1-16-6-8-19(28-24(16)17-7-9-23(27-14-17)30-26(35)36)25(34)29-21-12-18-15-32(2)31-20(18)13-22(21)33-10-4-3-5-11-33/h6-9,12-15H,3-5,10-11H2,1-2H3,(H,27,30)(H,29,34)(H,35,36). The van der Waals surface area contributed by atoms with Crippen molar-refractivity contribution in [1.82, 2.24) is 19.7 Å². The van der Waals surface area contributed by atoms with Crippen molar-refractivity contribution in [3.63, 3.8) is 0 Å². The molecule has 0 aliphatic carbocycles. The van der Waals surface area contributed by atoms with Gasteiger partial charge in [0.15, 0.2) is 0 Å². The minimum absolute atomic E-state index is 0.217. The quantitative estimate of drug-likeness (QED) is 0.375. The van der Waals surface area contributed by atoms with Gasteiger partial charge in [-0.2, -0.15) is 5.10 Å². The first-order valence-electron chi connectivity index (χ1n) is 11.8.